The lowest BCUT2D eigenvalue weighted by atomic mass is 9.98. The Labute approximate surface area is 186 Å². The van der Waals surface area contributed by atoms with Gasteiger partial charge in [0.25, 0.3) is 0 Å². The maximum absolute atomic E-state index is 6.38. The second-order valence-corrected chi connectivity index (χ2v) is 8.61. The summed E-state index contributed by atoms with van der Waals surface area (Å²) in [6.07, 6.45) is 6.89. The highest BCUT2D eigenvalue weighted by Gasteiger charge is 2.22. The van der Waals surface area contributed by atoms with E-state index in [0.29, 0.717) is 12.5 Å². The minimum Gasteiger partial charge on any atom is -0.486 e. The van der Waals surface area contributed by atoms with Crippen molar-refractivity contribution in [2.75, 3.05) is 6.61 Å². The first-order valence-electron chi connectivity index (χ1n) is 11.8. The zero-order chi connectivity index (χ0) is 21.5. The van der Waals surface area contributed by atoms with Gasteiger partial charge in [0.05, 0.1) is 6.10 Å². The van der Waals surface area contributed by atoms with Crippen LogP contribution in [0, 0.1) is 0 Å². The Kier molecular flexibility index (Phi) is 7.48. The average molecular weight is 419 g/mol. The summed E-state index contributed by atoms with van der Waals surface area (Å²) in [6.45, 7) is 4.83. The lowest BCUT2D eigenvalue weighted by Gasteiger charge is -2.28. The SMILES string of the molecule is CCC(C)c1ccc(OC(COc2cccc3ccccc23)OC2CCCCC2)cc1. The van der Waals surface area contributed by atoms with Gasteiger partial charge in [-0.3, -0.25) is 0 Å². The lowest BCUT2D eigenvalue weighted by molar-refractivity contribution is -0.143. The fourth-order valence-electron chi connectivity index (χ4n) is 4.26. The van der Waals surface area contributed by atoms with E-state index in [1.807, 2.05) is 24.3 Å². The molecular weight excluding hydrogens is 384 g/mol. The molecule has 0 radical (unpaired) electrons. The maximum atomic E-state index is 6.38. The van der Waals surface area contributed by atoms with E-state index in [9.17, 15) is 0 Å². The second-order valence-electron chi connectivity index (χ2n) is 8.61. The summed E-state index contributed by atoms with van der Waals surface area (Å²) in [6, 6.07) is 22.9. The van der Waals surface area contributed by atoms with Crippen molar-refractivity contribution in [3.05, 3.63) is 72.3 Å². The quantitative estimate of drug-likeness (QED) is 0.337. The zero-order valence-corrected chi connectivity index (χ0v) is 18.8. The third-order valence-electron chi connectivity index (χ3n) is 6.35. The highest BCUT2D eigenvalue weighted by atomic mass is 16.7. The fraction of sp³-hybridized carbons (Fsp3) is 0.429. The molecule has 1 aliphatic carbocycles. The number of fused-ring (bicyclic) bond motifs is 1. The summed E-state index contributed by atoms with van der Waals surface area (Å²) in [4.78, 5) is 0. The van der Waals surface area contributed by atoms with Gasteiger partial charge in [-0.15, -0.1) is 0 Å². The molecule has 0 heterocycles. The third kappa shape index (κ3) is 5.80. The maximum Gasteiger partial charge on any atom is 0.234 e. The van der Waals surface area contributed by atoms with Gasteiger partial charge < -0.3 is 14.2 Å². The minimum atomic E-state index is -0.434. The summed E-state index contributed by atoms with van der Waals surface area (Å²) < 4.78 is 18.9. The molecule has 0 N–H and O–H groups in total. The normalized spacial score (nSPS) is 16.7. The molecule has 3 heteroatoms. The van der Waals surface area contributed by atoms with Gasteiger partial charge in [-0.05, 0) is 54.3 Å². The van der Waals surface area contributed by atoms with Crippen molar-refractivity contribution in [2.24, 2.45) is 0 Å². The number of rotatable bonds is 9. The van der Waals surface area contributed by atoms with Crippen LogP contribution in [-0.2, 0) is 4.74 Å². The summed E-state index contributed by atoms with van der Waals surface area (Å²) in [5, 5.41) is 2.28. The molecule has 3 aromatic rings. The predicted molar refractivity (Wildman–Crippen MR) is 127 cm³/mol. The summed E-state index contributed by atoms with van der Waals surface area (Å²) in [7, 11) is 0. The van der Waals surface area contributed by atoms with Crippen LogP contribution in [0.15, 0.2) is 66.7 Å². The molecule has 4 rings (SSSR count). The molecule has 0 saturated heterocycles. The van der Waals surface area contributed by atoms with Crippen molar-refractivity contribution < 1.29 is 14.2 Å². The van der Waals surface area contributed by atoms with E-state index in [2.05, 4.69) is 56.3 Å². The molecule has 0 aromatic heterocycles. The standard InChI is InChI=1S/C28H34O3/c1-3-21(2)22-16-18-25(19-17-22)31-28(30-24-12-5-4-6-13-24)20-29-27-15-9-11-23-10-7-8-14-26(23)27/h7-11,14-19,21,24,28H,3-6,12-13,20H2,1-2H3. The largest absolute Gasteiger partial charge is 0.486 e. The topological polar surface area (TPSA) is 27.7 Å². The Balaban J connectivity index is 1.47. The molecule has 0 spiro atoms. The highest BCUT2D eigenvalue weighted by molar-refractivity contribution is 5.88. The Bertz CT molecular complexity index is 939. The van der Waals surface area contributed by atoms with Crippen LogP contribution in [-0.4, -0.2) is 19.0 Å². The van der Waals surface area contributed by atoms with Gasteiger partial charge in [0.15, 0.2) is 6.61 Å². The Morgan fingerprint density at radius 3 is 2.39 bits per heavy atom. The molecule has 2 unspecified atom stereocenters. The molecule has 0 bridgehead atoms. The van der Waals surface area contributed by atoms with Crippen LogP contribution >= 0.6 is 0 Å². The molecule has 31 heavy (non-hydrogen) atoms. The predicted octanol–water partition coefficient (Wildman–Crippen LogP) is 7.49. The van der Waals surface area contributed by atoms with Gasteiger partial charge in [0.2, 0.25) is 6.29 Å². The number of hydrogen-bond acceptors (Lipinski definition) is 3. The number of benzene rings is 3. The first kappa shape index (κ1) is 21.7. The van der Waals surface area contributed by atoms with Crippen molar-refractivity contribution in [2.45, 2.75) is 70.7 Å². The molecule has 164 valence electrons. The van der Waals surface area contributed by atoms with Crippen LogP contribution in [0.4, 0.5) is 0 Å². The van der Waals surface area contributed by atoms with E-state index in [4.69, 9.17) is 14.2 Å². The van der Waals surface area contributed by atoms with E-state index >= 15 is 0 Å². The van der Waals surface area contributed by atoms with E-state index in [1.54, 1.807) is 0 Å². The van der Waals surface area contributed by atoms with Crippen molar-refractivity contribution in [1.82, 2.24) is 0 Å². The van der Waals surface area contributed by atoms with Crippen molar-refractivity contribution in [3.8, 4) is 11.5 Å². The molecular formula is C28H34O3. The fourth-order valence-corrected chi connectivity index (χ4v) is 4.26. The number of hydrogen-bond donors (Lipinski definition) is 0. The Morgan fingerprint density at radius 1 is 0.871 bits per heavy atom. The lowest BCUT2D eigenvalue weighted by Crippen LogP contribution is -2.33. The van der Waals surface area contributed by atoms with Crippen LogP contribution < -0.4 is 9.47 Å². The van der Waals surface area contributed by atoms with E-state index in [-0.39, 0.29) is 6.10 Å². The van der Waals surface area contributed by atoms with Crippen molar-refractivity contribution >= 4 is 10.8 Å². The minimum absolute atomic E-state index is 0.245. The molecule has 1 aliphatic rings. The van der Waals surface area contributed by atoms with Crippen molar-refractivity contribution in [1.29, 1.82) is 0 Å². The van der Waals surface area contributed by atoms with Gasteiger partial charge in [-0.1, -0.05) is 81.6 Å². The van der Waals surface area contributed by atoms with Gasteiger partial charge in [0.1, 0.15) is 11.5 Å². The molecule has 3 aromatic carbocycles. The van der Waals surface area contributed by atoms with E-state index in [1.165, 1.54) is 30.2 Å². The Hall–Kier alpha value is -2.52. The zero-order valence-electron chi connectivity index (χ0n) is 18.8. The first-order valence-corrected chi connectivity index (χ1v) is 11.8. The summed E-state index contributed by atoms with van der Waals surface area (Å²) in [5.41, 5.74) is 1.34. The Morgan fingerprint density at radius 2 is 1.61 bits per heavy atom. The van der Waals surface area contributed by atoms with E-state index < -0.39 is 6.29 Å². The van der Waals surface area contributed by atoms with Gasteiger partial charge in [0, 0.05) is 5.39 Å². The number of ether oxygens (including phenoxy) is 3. The molecule has 1 saturated carbocycles. The van der Waals surface area contributed by atoms with Crippen LogP contribution in [0.1, 0.15) is 63.9 Å². The van der Waals surface area contributed by atoms with Crippen LogP contribution in [0.3, 0.4) is 0 Å². The van der Waals surface area contributed by atoms with Crippen LogP contribution in [0.5, 0.6) is 11.5 Å². The summed E-state index contributed by atoms with van der Waals surface area (Å²) >= 11 is 0. The van der Waals surface area contributed by atoms with Gasteiger partial charge in [-0.2, -0.15) is 0 Å². The second kappa shape index (κ2) is 10.7. The van der Waals surface area contributed by atoms with Crippen LogP contribution in [0.25, 0.3) is 10.8 Å². The highest BCUT2D eigenvalue weighted by Crippen LogP contribution is 2.28. The summed E-state index contributed by atoms with van der Waals surface area (Å²) in [5.74, 6) is 2.25. The molecule has 0 amide bonds. The molecule has 2 atom stereocenters. The molecule has 0 aliphatic heterocycles. The first-order chi connectivity index (χ1) is 15.2. The third-order valence-corrected chi connectivity index (χ3v) is 6.35. The monoisotopic (exact) mass is 418 g/mol. The van der Waals surface area contributed by atoms with Crippen molar-refractivity contribution in [3.63, 3.8) is 0 Å². The van der Waals surface area contributed by atoms with Crippen LogP contribution in [0.2, 0.25) is 0 Å². The van der Waals surface area contributed by atoms with Gasteiger partial charge >= 0.3 is 0 Å². The average Bonchev–Trinajstić information content (AvgIpc) is 2.83. The molecule has 1 fully saturated rings. The van der Waals surface area contributed by atoms with Gasteiger partial charge in [-0.25, -0.2) is 0 Å². The smallest absolute Gasteiger partial charge is 0.234 e. The van der Waals surface area contributed by atoms with E-state index in [0.717, 1.165) is 36.1 Å². The molecule has 3 nitrogen and oxygen atoms in total.